The fraction of sp³-hybridized carbons (Fsp3) is 0.200. The summed E-state index contributed by atoms with van der Waals surface area (Å²) in [5.41, 5.74) is 3.41. The monoisotopic (exact) mass is 440 g/mol. The van der Waals surface area contributed by atoms with Crippen molar-refractivity contribution in [3.63, 3.8) is 0 Å². The SMILES string of the molecule is O=C(CCSSCCC(=O)Nc1nc2ccccc2[nH]1)Nc1nc2ccccc2[nH]1. The molecule has 0 saturated carbocycles. The van der Waals surface area contributed by atoms with E-state index >= 15 is 0 Å². The van der Waals surface area contributed by atoms with Crippen LogP contribution in [-0.2, 0) is 9.59 Å². The number of nitrogens with zero attached hydrogens (tertiary/aromatic N) is 2. The average Bonchev–Trinajstić information content (AvgIpc) is 3.32. The molecule has 0 aliphatic rings. The maximum atomic E-state index is 12.0. The van der Waals surface area contributed by atoms with Crippen LogP contribution in [0.25, 0.3) is 22.1 Å². The Labute approximate surface area is 180 Å². The van der Waals surface area contributed by atoms with E-state index in [0.29, 0.717) is 36.2 Å². The lowest BCUT2D eigenvalue weighted by molar-refractivity contribution is -0.116. The normalized spacial score (nSPS) is 11.1. The van der Waals surface area contributed by atoms with Crippen LogP contribution in [0.1, 0.15) is 12.8 Å². The molecule has 0 spiro atoms. The number of hydrogen-bond acceptors (Lipinski definition) is 6. The van der Waals surface area contributed by atoms with Crippen molar-refractivity contribution in [1.29, 1.82) is 0 Å². The summed E-state index contributed by atoms with van der Waals surface area (Å²) >= 11 is 0. The molecule has 4 aromatic rings. The Bertz CT molecular complexity index is 1010. The molecule has 0 radical (unpaired) electrons. The summed E-state index contributed by atoms with van der Waals surface area (Å²) in [5.74, 6) is 2.04. The number of benzene rings is 2. The van der Waals surface area contributed by atoms with Gasteiger partial charge >= 0.3 is 0 Å². The summed E-state index contributed by atoms with van der Waals surface area (Å²) in [7, 11) is 3.14. The van der Waals surface area contributed by atoms with Crippen LogP contribution in [0, 0.1) is 0 Å². The minimum atomic E-state index is -0.0928. The van der Waals surface area contributed by atoms with Gasteiger partial charge in [0, 0.05) is 24.3 Å². The van der Waals surface area contributed by atoms with E-state index < -0.39 is 0 Å². The second-order valence-electron chi connectivity index (χ2n) is 6.45. The Morgan fingerprint density at radius 1 is 0.733 bits per heavy atom. The lowest BCUT2D eigenvalue weighted by Crippen LogP contribution is -2.13. The lowest BCUT2D eigenvalue weighted by Gasteiger charge is -2.03. The van der Waals surface area contributed by atoms with Crippen molar-refractivity contribution in [2.45, 2.75) is 12.8 Å². The molecule has 0 aliphatic heterocycles. The van der Waals surface area contributed by atoms with Crippen LogP contribution < -0.4 is 10.6 Å². The van der Waals surface area contributed by atoms with Crippen LogP contribution in [0.3, 0.4) is 0 Å². The van der Waals surface area contributed by atoms with Gasteiger partial charge in [0.15, 0.2) is 0 Å². The third-order valence-electron chi connectivity index (χ3n) is 4.20. The molecular weight excluding hydrogens is 420 g/mol. The number of nitrogens with one attached hydrogen (secondary N) is 4. The van der Waals surface area contributed by atoms with Gasteiger partial charge in [0.05, 0.1) is 22.1 Å². The Hall–Kier alpha value is -2.98. The molecule has 0 bridgehead atoms. The number of aromatic amines is 2. The average molecular weight is 441 g/mol. The number of anilines is 2. The molecule has 0 fully saturated rings. The van der Waals surface area contributed by atoms with Crippen molar-refractivity contribution >= 4 is 67.4 Å². The molecule has 2 aromatic carbocycles. The van der Waals surface area contributed by atoms with Crippen molar-refractivity contribution in [1.82, 2.24) is 19.9 Å². The van der Waals surface area contributed by atoms with Crippen LogP contribution in [-0.4, -0.2) is 43.3 Å². The maximum absolute atomic E-state index is 12.0. The highest BCUT2D eigenvalue weighted by Gasteiger charge is 2.09. The van der Waals surface area contributed by atoms with E-state index in [-0.39, 0.29) is 11.8 Å². The minimum Gasteiger partial charge on any atom is -0.324 e. The van der Waals surface area contributed by atoms with Gasteiger partial charge in [-0.15, -0.1) is 0 Å². The molecule has 2 heterocycles. The first-order chi connectivity index (χ1) is 14.7. The minimum absolute atomic E-state index is 0.0928. The fourth-order valence-corrected chi connectivity index (χ4v) is 4.78. The van der Waals surface area contributed by atoms with Gasteiger partial charge in [-0.25, -0.2) is 9.97 Å². The third-order valence-corrected chi connectivity index (χ3v) is 6.61. The van der Waals surface area contributed by atoms with Gasteiger partial charge in [-0.05, 0) is 24.3 Å². The van der Waals surface area contributed by atoms with Gasteiger partial charge in [-0.2, -0.15) is 0 Å². The molecule has 0 atom stereocenters. The van der Waals surface area contributed by atoms with Crippen molar-refractivity contribution in [3.8, 4) is 0 Å². The summed E-state index contributed by atoms with van der Waals surface area (Å²) < 4.78 is 0. The number of aromatic nitrogens is 4. The van der Waals surface area contributed by atoms with E-state index in [4.69, 9.17) is 0 Å². The van der Waals surface area contributed by atoms with E-state index in [1.165, 1.54) is 0 Å². The highest BCUT2D eigenvalue weighted by Crippen LogP contribution is 2.23. The summed E-state index contributed by atoms with van der Waals surface area (Å²) in [4.78, 5) is 38.9. The number of amides is 2. The Morgan fingerprint density at radius 2 is 1.17 bits per heavy atom. The largest absolute Gasteiger partial charge is 0.324 e. The molecule has 154 valence electrons. The summed E-state index contributed by atoms with van der Waals surface area (Å²) in [6.45, 7) is 0. The zero-order valence-corrected chi connectivity index (χ0v) is 17.6. The van der Waals surface area contributed by atoms with Crippen LogP contribution in [0.4, 0.5) is 11.9 Å². The molecule has 0 saturated heterocycles. The molecule has 4 rings (SSSR count). The van der Waals surface area contributed by atoms with Crippen LogP contribution in [0.2, 0.25) is 0 Å². The number of carbonyl (C=O) groups excluding carboxylic acids is 2. The summed E-state index contributed by atoms with van der Waals surface area (Å²) in [5, 5.41) is 5.55. The molecule has 0 unspecified atom stereocenters. The molecule has 8 nitrogen and oxygen atoms in total. The van der Waals surface area contributed by atoms with Crippen molar-refractivity contribution in [2.75, 3.05) is 22.1 Å². The van der Waals surface area contributed by atoms with E-state index in [2.05, 4.69) is 30.6 Å². The molecule has 0 aliphatic carbocycles. The van der Waals surface area contributed by atoms with Crippen LogP contribution >= 0.6 is 21.6 Å². The van der Waals surface area contributed by atoms with Gasteiger partial charge in [0.25, 0.3) is 0 Å². The first-order valence-electron chi connectivity index (χ1n) is 9.41. The number of carbonyl (C=O) groups is 2. The molecule has 2 aromatic heterocycles. The highest BCUT2D eigenvalue weighted by molar-refractivity contribution is 8.76. The topological polar surface area (TPSA) is 116 Å². The van der Waals surface area contributed by atoms with E-state index in [9.17, 15) is 9.59 Å². The zero-order valence-electron chi connectivity index (χ0n) is 16.0. The second kappa shape index (κ2) is 9.68. The van der Waals surface area contributed by atoms with Crippen molar-refractivity contribution < 1.29 is 9.59 Å². The van der Waals surface area contributed by atoms with Crippen molar-refractivity contribution in [3.05, 3.63) is 48.5 Å². The van der Waals surface area contributed by atoms with Gasteiger partial charge in [-0.3, -0.25) is 20.2 Å². The first kappa shape index (κ1) is 20.3. The van der Waals surface area contributed by atoms with E-state index in [1.807, 2.05) is 48.5 Å². The quantitative estimate of drug-likeness (QED) is 0.229. The standard InChI is InChI=1S/C20H20N6O2S2/c27-17(25-19-21-13-5-1-2-6-14(13)22-19)9-11-29-30-12-10-18(28)26-20-23-15-7-3-4-8-16(15)24-20/h1-8H,9-12H2,(H2,21,22,25,27)(H2,23,24,26,28). The second-order valence-corrected chi connectivity index (χ2v) is 9.15. The van der Waals surface area contributed by atoms with E-state index in [0.717, 1.165) is 22.1 Å². The van der Waals surface area contributed by atoms with Gasteiger partial charge < -0.3 is 9.97 Å². The predicted molar refractivity (Wildman–Crippen MR) is 124 cm³/mol. The lowest BCUT2D eigenvalue weighted by atomic mass is 10.3. The van der Waals surface area contributed by atoms with Crippen molar-refractivity contribution in [2.24, 2.45) is 0 Å². The van der Waals surface area contributed by atoms with Gasteiger partial charge in [0.2, 0.25) is 23.7 Å². The fourth-order valence-electron chi connectivity index (χ4n) is 2.80. The first-order valence-corrected chi connectivity index (χ1v) is 11.9. The van der Waals surface area contributed by atoms with Crippen LogP contribution in [0.15, 0.2) is 48.5 Å². The Morgan fingerprint density at radius 3 is 1.60 bits per heavy atom. The van der Waals surface area contributed by atoms with Gasteiger partial charge in [-0.1, -0.05) is 45.9 Å². The highest BCUT2D eigenvalue weighted by atomic mass is 33.1. The third kappa shape index (κ3) is 5.33. The molecule has 10 heteroatoms. The number of hydrogen-bond donors (Lipinski definition) is 4. The predicted octanol–water partition coefficient (Wildman–Crippen LogP) is 4.18. The zero-order chi connectivity index (χ0) is 20.8. The number of imidazole rings is 2. The Balaban J connectivity index is 1.10. The number of H-pyrrole nitrogens is 2. The molecule has 4 N–H and O–H groups in total. The summed E-state index contributed by atoms with van der Waals surface area (Å²) in [6.07, 6.45) is 0.750. The smallest absolute Gasteiger partial charge is 0.227 e. The van der Waals surface area contributed by atoms with Gasteiger partial charge in [0.1, 0.15) is 0 Å². The summed E-state index contributed by atoms with van der Waals surface area (Å²) in [6, 6.07) is 15.2. The number of fused-ring (bicyclic) bond motifs is 2. The Kier molecular flexibility index (Phi) is 6.55. The molecule has 30 heavy (non-hydrogen) atoms. The number of rotatable bonds is 9. The molecule has 2 amide bonds. The van der Waals surface area contributed by atoms with Crippen LogP contribution in [0.5, 0.6) is 0 Å². The van der Waals surface area contributed by atoms with E-state index in [1.54, 1.807) is 21.6 Å². The number of para-hydroxylation sites is 4. The maximum Gasteiger partial charge on any atom is 0.227 e. The molecular formula is C20H20N6O2S2.